The van der Waals surface area contributed by atoms with Crippen LogP contribution in [0.25, 0.3) is 33.5 Å². The SMILES string of the molecule is COc1ccc(-c2nc3ccc(C#N)cc3nc2-c2ccc(OC)cc2)cc1. The van der Waals surface area contributed by atoms with Gasteiger partial charge in [-0.1, -0.05) is 0 Å². The number of hydrogen-bond donors (Lipinski definition) is 0. The Kier molecular flexibility index (Phi) is 4.61. The monoisotopic (exact) mass is 367 g/mol. The summed E-state index contributed by atoms with van der Waals surface area (Å²) >= 11 is 0. The molecule has 0 unspecified atom stereocenters. The third kappa shape index (κ3) is 3.24. The summed E-state index contributed by atoms with van der Waals surface area (Å²) in [6, 6.07) is 22.9. The molecule has 4 aromatic rings. The minimum absolute atomic E-state index is 0.555. The lowest BCUT2D eigenvalue weighted by Crippen LogP contribution is -1.96. The van der Waals surface area contributed by atoms with Gasteiger partial charge < -0.3 is 9.47 Å². The molecule has 0 saturated carbocycles. The minimum Gasteiger partial charge on any atom is -0.497 e. The zero-order valence-corrected chi connectivity index (χ0v) is 15.5. The summed E-state index contributed by atoms with van der Waals surface area (Å²) in [7, 11) is 3.28. The molecule has 28 heavy (non-hydrogen) atoms. The predicted molar refractivity (Wildman–Crippen MR) is 108 cm³/mol. The smallest absolute Gasteiger partial charge is 0.118 e. The molecule has 0 amide bonds. The Morgan fingerprint density at radius 2 is 1.18 bits per heavy atom. The van der Waals surface area contributed by atoms with Gasteiger partial charge in [-0.2, -0.15) is 5.26 Å². The Labute approximate surface area is 162 Å². The molecule has 0 radical (unpaired) electrons. The molecule has 3 aromatic carbocycles. The first-order chi connectivity index (χ1) is 13.7. The maximum absolute atomic E-state index is 9.20. The van der Waals surface area contributed by atoms with Crippen LogP contribution in [-0.4, -0.2) is 24.2 Å². The first-order valence-corrected chi connectivity index (χ1v) is 8.72. The van der Waals surface area contributed by atoms with E-state index in [0.29, 0.717) is 11.1 Å². The van der Waals surface area contributed by atoms with Gasteiger partial charge in [-0.05, 0) is 66.7 Å². The number of ether oxygens (including phenoxy) is 2. The van der Waals surface area contributed by atoms with E-state index in [1.165, 1.54) is 0 Å². The highest BCUT2D eigenvalue weighted by atomic mass is 16.5. The first kappa shape index (κ1) is 17.5. The van der Waals surface area contributed by atoms with Gasteiger partial charge in [0, 0.05) is 11.1 Å². The van der Waals surface area contributed by atoms with Crippen molar-refractivity contribution in [2.75, 3.05) is 14.2 Å². The van der Waals surface area contributed by atoms with Crippen LogP contribution in [0, 0.1) is 11.3 Å². The average Bonchev–Trinajstić information content (AvgIpc) is 2.78. The highest BCUT2D eigenvalue weighted by Gasteiger charge is 2.14. The van der Waals surface area contributed by atoms with Crippen molar-refractivity contribution >= 4 is 11.0 Å². The standard InChI is InChI=1S/C23H17N3O2/c1-27-18-8-4-16(5-9-18)22-23(17-6-10-19(28-2)11-7-17)26-21-13-15(14-24)3-12-20(21)25-22/h3-13H,1-2H3. The van der Waals surface area contributed by atoms with E-state index < -0.39 is 0 Å². The van der Waals surface area contributed by atoms with E-state index in [1.54, 1.807) is 26.4 Å². The van der Waals surface area contributed by atoms with Gasteiger partial charge in [0.2, 0.25) is 0 Å². The van der Waals surface area contributed by atoms with Gasteiger partial charge in [0.05, 0.1) is 48.3 Å². The maximum Gasteiger partial charge on any atom is 0.118 e. The van der Waals surface area contributed by atoms with Gasteiger partial charge in [-0.3, -0.25) is 0 Å². The molecular formula is C23H17N3O2. The van der Waals surface area contributed by atoms with Crippen LogP contribution in [0.2, 0.25) is 0 Å². The fourth-order valence-corrected chi connectivity index (χ4v) is 3.02. The number of nitrogens with zero attached hydrogens (tertiary/aromatic N) is 3. The van der Waals surface area contributed by atoms with Crippen molar-refractivity contribution in [1.29, 1.82) is 5.26 Å². The van der Waals surface area contributed by atoms with Crippen molar-refractivity contribution in [2.24, 2.45) is 0 Å². The predicted octanol–water partition coefficient (Wildman–Crippen LogP) is 4.85. The van der Waals surface area contributed by atoms with Crippen molar-refractivity contribution in [3.63, 3.8) is 0 Å². The highest BCUT2D eigenvalue weighted by Crippen LogP contribution is 2.32. The molecule has 0 spiro atoms. The summed E-state index contributed by atoms with van der Waals surface area (Å²) in [6.45, 7) is 0. The number of benzene rings is 3. The summed E-state index contributed by atoms with van der Waals surface area (Å²) in [5.41, 5.74) is 5.35. The van der Waals surface area contributed by atoms with Gasteiger partial charge in [-0.15, -0.1) is 0 Å². The second kappa shape index (κ2) is 7.37. The summed E-state index contributed by atoms with van der Waals surface area (Å²) in [4.78, 5) is 9.69. The van der Waals surface area contributed by atoms with Crippen LogP contribution < -0.4 is 9.47 Å². The summed E-state index contributed by atoms with van der Waals surface area (Å²) in [5.74, 6) is 1.55. The Morgan fingerprint density at radius 1 is 0.679 bits per heavy atom. The van der Waals surface area contributed by atoms with Gasteiger partial charge in [0.15, 0.2) is 0 Å². The molecule has 0 N–H and O–H groups in total. The van der Waals surface area contributed by atoms with Crippen LogP contribution in [0.15, 0.2) is 66.7 Å². The molecule has 5 heteroatoms. The molecule has 1 heterocycles. The molecule has 136 valence electrons. The highest BCUT2D eigenvalue weighted by molar-refractivity contribution is 5.87. The van der Waals surface area contributed by atoms with E-state index in [4.69, 9.17) is 19.4 Å². The fourth-order valence-electron chi connectivity index (χ4n) is 3.02. The van der Waals surface area contributed by atoms with Crippen LogP contribution >= 0.6 is 0 Å². The third-order valence-electron chi connectivity index (χ3n) is 4.52. The average molecular weight is 367 g/mol. The molecule has 0 atom stereocenters. The van der Waals surface area contributed by atoms with E-state index in [0.717, 1.165) is 39.5 Å². The first-order valence-electron chi connectivity index (χ1n) is 8.72. The third-order valence-corrected chi connectivity index (χ3v) is 4.52. The molecule has 0 aliphatic heterocycles. The summed E-state index contributed by atoms with van der Waals surface area (Å²) in [6.07, 6.45) is 0. The molecular weight excluding hydrogens is 350 g/mol. The lowest BCUT2D eigenvalue weighted by Gasteiger charge is -2.12. The summed E-state index contributed by atoms with van der Waals surface area (Å²) in [5, 5.41) is 9.20. The van der Waals surface area contributed by atoms with E-state index in [2.05, 4.69) is 6.07 Å². The maximum atomic E-state index is 9.20. The molecule has 0 aliphatic rings. The molecule has 1 aromatic heterocycles. The second-order valence-electron chi connectivity index (χ2n) is 6.19. The lowest BCUT2D eigenvalue weighted by atomic mass is 10.0. The number of aromatic nitrogens is 2. The van der Waals surface area contributed by atoms with Crippen molar-refractivity contribution < 1.29 is 9.47 Å². The van der Waals surface area contributed by atoms with Crippen LogP contribution in [0.4, 0.5) is 0 Å². The van der Waals surface area contributed by atoms with E-state index >= 15 is 0 Å². The fraction of sp³-hybridized carbons (Fsp3) is 0.0870. The number of rotatable bonds is 4. The Balaban J connectivity index is 1.95. The largest absolute Gasteiger partial charge is 0.497 e. The van der Waals surface area contributed by atoms with Crippen molar-refractivity contribution in [2.45, 2.75) is 0 Å². The van der Waals surface area contributed by atoms with Crippen molar-refractivity contribution in [1.82, 2.24) is 9.97 Å². The quantitative estimate of drug-likeness (QED) is 0.516. The van der Waals surface area contributed by atoms with E-state index in [-0.39, 0.29) is 0 Å². The minimum atomic E-state index is 0.555. The number of methoxy groups -OCH3 is 2. The van der Waals surface area contributed by atoms with Gasteiger partial charge in [0.1, 0.15) is 11.5 Å². The Morgan fingerprint density at radius 3 is 1.64 bits per heavy atom. The molecule has 4 rings (SSSR count). The normalized spacial score (nSPS) is 10.5. The van der Waals surface area contributed by atoms with Crippen molar-refractivity contribution in [3.8, 4) is 40.1 Å². The van der Waals surface area contributed by atoms with Crippen molar-refractivity contribution in [3.05, 3.63) is 72.3 Å². The second-order valence-corrected chi connectivity index (χ2v) is 6.19. The van der Waals surface area contributed by atoms with Crippen LogP contribution in [0.5, 0.6) is 11.5 Å². The zero-order valence-electron chi connectivity index (χ0n) is 15.5. The molecule has 0 saturated heterocycles. The van der Waals surface area contributed by atoms with Crippen LogP contribution in [0.3, 0.4) is 0 Å². The Hall–Kier alpha value is -3.91. The van der Waals surface area contributed by atoms with Crippen LogP contribution in [-0.2, 0) is 0 Å². The number of fused-ring (bicyclic) bond motifs is 1. The van der Waals surface area contributed by atoms with Gasteiger partial charge in [-0.25, -0.2) is 9.97 Å². The van der Waals surface area contributed by atoms with E-state index in [9.17, 15) is 5.26 Å². The van der Waals surface area contributed by atoms with E-state index in [1.807, 2.05) is 54.6 Å². The molecule has 0 fully saturated rings. The molecule has 5 nitrogen and oxygen atoms in total. The number of hydrogen-bond acceptors (Lipinski definition) is 5. The Bertz CT molecular complexity index is 1180. The zero-order chi connectivity index (χ0) is 19.5. The molecule has 0 bridgehead atoms. The van der Waals surface area contributed by atoms with Crippen LogP contribution in [0.1, 0.15) is 5.56 Å². The topological polar surface area (TPSA) is 68.0 Å². The number of nitriles is 1. The summed E-state index contributed by atoms with van der Waals surface area (Å²) < 4.78 is 10.5. The molecule has 0 aliphatic carbocycles. The van der Waals surface area contributed by atoms with Gasteiger partial charge in [0.25, 0.3) is 0 Å². The van der Waals surface area contributed by atoms with Gasteiger partial charge >= 0.3 is 0 Å². The lowest BCUT2D eigenvalue weighted by molar-refractivity contribution is 0.414.